The van der Waals surface area contributed by atoms with Crippen LogP contribution in [0.5, 0.6) is 0 Å². The predicted octanol–water partition coefficient (Wildman–Crippen LogP) is 1.67. The maximum absolute atomic E-state index is 11.1. The number of primary amides is 1. The van der Waals surface area contributed by atoms with Crippen molar-refractivity contribution >= 4 is 17.5 Å². The Balaban J connectivity index is 1.50. The normalized spacial score (nSPS) is 12.1. The van der Waals surface area contributed by atoms with Crippen LogP contribution >= 0.6 is 11.6 Å². The SMILES string of the molecule is NC(=O)c1ccc(-c2nnn(C[C@H](O)COCc3ccc(Cl)cc3)n2)cc1. The van der Waals surface area contributed by atoms with Crippen molar-refractivity contribution in [1.82, 2.24) is 20.2 Å². The van der Waals surface area contributed by atoms with Crippen LogP contribution < -0.4 is 5.73 Å². The number of aliphatic hydroxyl groups excluding tert-OH is 1. The van der Waals surface area contributed by atoms with Crippen molar-refractivity contribution in [2.45, 2.75) is 19.3 Å². The molecule has 0 saturated heterocycles. The summed E-state index contributed by atoms with van der Waals surface area (Å²) in [4.78, 5) is 12.4. The number of hydrogen-bond donors (Lipinski definition) is 2. The molecule has 9 heteroatoms. The average molecular weight is 388 g/mol. The van der Waals surface area contributed by atoms with Gasteiger partial charge in [0.25, 0.3) is 0 Å². The fourth-order valence-electron chi connectivity index (χ4n) is 2.35. The minimum atomic E-state index is -0.781. The van der Waals surface area contributed by atoms with Crippen molar-refractivity contribution in [3.63, 3.8) is 0 Å². The van der Waals surface area contributed by atoms with Gasteiger partial charge in [0, 0.05) is 16.1 Å². The number of aromatic nitrogens is 4. The lowest BCUT2D eigenvalue weighted by atomic mass is 10.1. The van der Waals surface area contributed by atoms with E-state index in [2.05, 4.69) is 15.4 Å². The van der Waals surface area contributed by atoms with E-state index < -0.39 is 12.0 Å². The molecule has 0 aliphatic heterocycles. The van der Waals surface area contributed by atoms with Gasteiger partial charge in [-0.1, -0.05) is 35.9 Å². The van der Waals surface area contributed by atoms with Gasteiger partial charge in [-0.05, 0) is 35.0 Å². The van der Waals surface area contributed by atoms with Crippen LogP contribution in [0.4, 0.5) is 0 Å². The lowest BCUT2D eigenvalue weighted by Gasteiger charge is -2.10. The van der Waals surface area contributed by atoms with Crippen LogP contribution in [0.25, 0.3) is 11.4 Å². The number of rotatable bonds is 8. The summed E-state index contributed by atoms with van der Waals surface area (Å²) in [7, 11) is 0. The first-order valence-electron chi connectivity index (χ1n) is 8.19. The number of halogens is 1. The van der Waals surface area contributed by atoms with Crippen molar-refractivity contribution in [2.24, 2.45) is 5.73 Å². The number of carbonyl (C=O) groups is 1. The maximum Gasteiger partial charge on any atom is 0.248 e. The maximum atomic E-state index is 11.1. The van der Waals surface area contributed by atoms with Gasteiger partial charge in [-0.2, -0.15) is 4.80 Å². The molecule has 0 fully saturated rings. The summed E-state index contributed by atoms with van der Waals surface area (Å²) in [5.74, 6) is -0.111. The summed E-state index contributed by atoms with van der Waals surface area (Å²) in [6.07, 6.45) is -0.781. The molecule has 1 amide bonds. The molecule has 0 bridgehead atoms. The fraction of sp³-hybridized carbons (Fsp3) is 0.222. The largest absolute Gasteiger partial charge is 0.389 e. The number of hydrogen-bond acceptors (Lipinski definition) is 6. The number of amides is 1. The van der Waals surface area contributed by atoms with Gasteiger partial charge in [0.1, 0.15) is 0 Å². The number of tetrazole rings is 1. The van der Waals surface area contributed by atoms with Crippen LogP contribution in [-0.2, 0) is 17.9 Å². The quantitative estimate of drug-likeness (QED) is 0.607. The van der Waals surface area contributed by atoms with E-state index >= 15 is 0 Å². The molecule has 1 atom stereocenters. The lowest BCUT2D eigenvalue weighted by Crippen LogP contribution is -2.23. The minimum absolute atomic E-state index is 0.132. The molecule has 140 valence electrons. The number of carbonyl (C=O) groups excluding carboxylic acids is 1. The van der Waals surface area contributed by atoms with E-state index in [0.717, 1.165) is 5.56 Å². The van der Waals surface area contributed by atoms with Crippen LogP contribution in [-0.4, -0.2) is 43.9 Å². The topological polar surface area (TPSA) is 116 Å². The highest BCUT2D eigenvalue weighted by atomic mass is 35.5. The zero-order chi connectivity index (χ0) is 19.2. The second-order valence-corrected chi connectivity index (χ2v) is 6.34. The minimum Gasteiger partial charge on any atom is -0.389 e. The monoisotopic (exact) mass is 387 g/mol. The van der Waals surface area contributed by atoms with Crippen molar-refractivity contribution in [2.75, 3.05) is 6.61 Å². The molecule has 27 heavy (non-hydrogen) atoms. The van der Waals surface area contributed by atoms with Crippen molar-refractivity contribution in [3.8, 4) is 11.4 Å². The van der Waals surface area contributed by atoms with Crippen LogP contribution in [0.1, 0.15) is 15.9 Å². The fourth-order valence-corrected chi connectivity index (χ4v) is 2.48. The van der Waals surface area contributed by atoms with Gasteiger partial charge in [0.05, 0.1) is 25.9 Å². The molecule has 2 aromatic carbocycles. The molecular formula is C18H18ClN5O3. The number of nitrogens with two attached hydrogens (primary N) is 1. The van der Waals surface area contributed by atoms with E-state index in [1.54, 1.807) is 36.4 Å². The average Bonchev–Trinajstić information content (AvgIpc) is 3.12. The molecule has 3 N–H and O–H groups in total. The standard InChI is InChI=1S/C18H18ClN5O3/c19-15-7-1-12(2-8-15)10-27-11-16(25)9-24-22-18(21-23-24)14-5-3-13(4-6-14)17(20)26/h1-8,16,25H,9-11H2,(H2,20,26)/t16-/m0/s1. The molecule has 0 radical (unpaired) electrons. The van der Waals surface area contributed by atoms with Gasteiger partial charge in [0.2, 0.25) is 11.7 Å². The molecule has 3 rings (SSSR count). The van der Waals surface area contributed by atoms with E-state index in [-0.39, 0.29) is 13.2 Å². The number of ether oxygens (including phenoxy) is 1. The van der Waals surface area contributed by atoms with Gasteiger partial charge < -0.3 is 15.6 Å². The predicted molar refractivity (Wildman–Crippen MR) is 98.9 cm³/mol. The van der Waals surface area contributed by atoms with Crippen molar-refractivity contribution in [1.29, 1.82) is 0 Å². The zero-order valence-electron chi connectivity index (χ0n) is 14.3. The Labute approximate surface area is 160 Å². The van der Waals surface area contributed by atoms with E-state index in [0.29, 0.717) is 28.6 Å². The Morgan fingerprint density at radius 3 is 2.56 bits per heavy atom. The Hall–Kier alpha value is -2.81. The second kappa shape index (κ2) is 8.72. The third-order valence-electron chi connectivity index (χ3n) is 3.75. The highest BCUT2D eigenvalue weighted by molar-refractivity contribution is 6.30. The molecule has 0 unspecified atom stereocenters. The van der Waals surface area contributed by atoms with Crippen LogP contribution in [0.15, 0.2) is 48.5 Å². The summed E-state index contributed by atoms with van der Waals surface area (Å²) < 4.78 is 5.49. The highest BCUT2D eigenvalue weighted by Gasteiger charge is 2.11. The molecule has 0 aliphatic carbocycles. The summed E-state index contributed by atoms with van der Waals surface area (Å²) in [6, 6.07) is 13.9. The number of nitrogens with zero attached hydrogens (tertiary/aromatic N) is 4. The molecular weight excluding hydrogens is 370 g/mol. The number of benzene rings is 2. The Bertz CT molecular complexity index is 896. The first kappa shape index (κ1) is 19.0. The molecule has 1 aromatic heterocycles. The van der Waals surface area contributed by atoms with Crippen LogP contribution in [0, 0.1) is 0 Å². The first-order valence-corrected chi connectivity index (χ1v) is 8.57. The smallest absolute Gasteiger partial charge is 0.248 e. The second-order valence-electron chi connectivity index (χ2n) is 5.90. The molecule has 0 spiro atoms. The molecule has 8 nitrogen and oxygen atoms in total. The third-order valence-corrected chi connectivity index (χ3v) is 4.00. The van der Waals surface area contributed by atoms with Gasteiger partial charge in [-0.15, -0.1) is 10.2 Å². The van der Waals surface area contributed by atoms with Gasteiger partial charge in [-0.3, -0.25) is 4.79 Å². The summed E-state index contributed by atoms with van der Waals surface area (Å²) >= 11 is 5.83. The van der Waals surface area contributed by atoms with E-state index in [1.165, 1.54) is 4.80 Å². The Morgan fingerprint density at radius 1 is 1.19 bits per heavy atom. The lowest BCUT2D eigenvalue weighted by molar-refractivity contribution is 0.0165. The zero-order valence-corrected chi connectivity index (χ0v) is 15.1. The molecule has 0 saturated carbocycles. The van der Waals surface area contributed by atoms with Crippen LogP contribution in [0.2, 0.25) is 5.02 Å². The van der Waals surface area contributed by atoms with E-state index in [9.17, 15) is 9.90 Å². The molecule has 0 aliphatic rings. The Morgan fingerprint density at radius 2 is 1.89 bits per heavy atom. The number of aliphatic hydroxyl groups is 1. The third kappa shape index (κ3) is 5.33. The van der Waals surface area contributed by atoms with Gasteiger partial charge in [0.15, 0.2) is 0 Å². The van der Waals surface area contributed by atoms with Crippen molar-refractivity contribution < 1.29 is 14.6 Å². The van der Waals surface area contributed by atoms with Gasteiger partial charge in [-0.25, -0.2) is 0 Å². The van der Waals surface area contributed by atoms with Crippen molar-refractivity contribution in [3.05, 3.63) is 64.7 Å². The molecule has 3 aromatic rings. The van der Waals surface area contributed by atoms with E-state index in [4.69, 9.17) is 22.1 Å². The first-order chi connectivity index (χ1) is 13.0. The summed E-state index contributed by atoms with van der Waals surface area (Å²) in [5, 5.41) is 22.8. The van der Waals surface area contributed by atoms with E-state index in [1.807, 2.05) is 12.1 Å². The van der Waals surface area contributed by atoms with Crippen LogP contribution in [0.3, 0.4) is 0 Å². The highest BCUT2D eigenvalue weighted by Crippen LogP contribution is 2.14. The van der Waals surface area contributed by atoms with Gasteiger partial charge >= 0.3 is 0 Å². The Kier molecular flexibility index (Phi) is 6.12. The summed E-state index contributed by atoms with van der Waals surface area (Å²) in [6.45, 7) is 0.649. The summed E-state index contributed by atoms with van der Waals surface area (Å²) in [5.41, 5.74) is 7.27. The molecule has 1 heterocycles.